The molecule has 3 heterocycles. The number of aryl methyl sites for hydroxylation is 1. The van der Waals surface area contributed by atoms with Gasteiger partial charge in [-0.25, -0.2) is 4.98 Å². The zero-order chi connectivity index (χ0) is 16.2. The smallest absolute Gasteiger partial charge is 0.162 e. The fourth-order valence-corrected chi connectivity index (χ4v) is 3.10. The van der Waals surface area contributed by atoms with Gasteiger partial charge in [0.15, 0.2) is 5.82 Å². The molecule has 2 aromatic rings. The van der Waals surface area contributed by atoms with E-state index in [0.29, 0.717) is 6.04 Å². The van der Waals surface area contributed by atoms with Crippen LogP contribution < -0.4 is 0 Å². The lowest BCUT2D eigenvalue weighted by molar-refractivity contribution is 0.108. The Bertz CT molecular complexity index is 609. The molecule has 7 heteroatoms. The molecule has 0 spiro atoms. The molecule has 0 bridgehead atoms. The second-order valence-electron chi connectivity index (χ2n) is 6.46. The highest BCUT2D eigenvalue weighted by atomic mass is 15.4. The van der Waals surface area contributed by atoms with Gasteiger partial charge in [0.05, 0.1) is 12.7 Å². The van der Waals surface area contributed by atoms with Crippen LogP contribution >= 0.6 is 0 Å². The molecule has 0 radical (unpaired) electrons. The summed E-state index contributed by atoms with van der Waals surface area (Å²) in [4.78, 5) is 9.33. The molecule has 0 aliphatic carbocycles. The summed E-state index contributed by atoms with van der Waals surface area (Å²) in [6.45, 7) is 10.8. The van der Waals surface area contributed by atoms with Crippen LogP contribution in [0.4, 0.5) is 0 Å². The van der Waals surface area contributed by atoms with Gasteiger partial charge in [-0.3, -0.25) is 9.58 Å². The molecule has 1 atom stereocenters. The van der Waals surface area contributed by atoms with Gasteiger partial charge >= 0.3 is 0 Å². The molecule has 7 nitrogen and oxygen atoms in total. The summed E-state index contributed by atoms with van der Waals surface area (Å²) >= 11 is 0. The van der Waals surface area contributed by atoms with Gasteiger partial charge in [-0.05, 0) is 20.4 Å². The van der Waals surface area contributed by atoms with Crippen molar-refractivity contribution in [1.29, 1.82) is 0 Å². The summed E-state index contributed by atoms with van der Waals surface area (Å²) in [5, 5.41) is 8.61. The van der Waals surface area contributed by atoms with E-state index >= 15 is 0 Å². The number of hydrogen-bond donors (Lipinski definition) is 0. The lowest BCUT2D eigenvalue weighted by atomic mass is 10.2. The third-order valence-electron chi connectivity index (χ3n) is 4.56. The van der Waals surface area contributed by atoms with Gasteiger partial charge in [-0.2, -0.15) is 0 Å². The minimum atomic E-state index is 0.466. The Kier molecular flexibility index (Phi) is 5.07. The molecule has 23 heavy (non-hydrogen) atoms. The normalized spacial score (nSPS) is 18.4. The lowest BCUT2D eigenvalue weighted by Crippen LogP contribution is -2.49. The Balaban J connectivity index is 1.64. The Morgan fingerprint density at radius 2 is 2.00 bits per heavy atom. The summed E-state index contributed by atoms with van der Waals surface area (Å²) in [6, 6.07) is 0.466. The van der Waals surface area contributed by atoms with E-state index in [1.807, 2.05) is 23.3 Å². The van der Waals surface area contributed by atoms with Crippen molar-refractivity contribution in [3.8, 4) is 11.5 Å². The number of likely N-dealkylation sites (N-methyl/N-ethyl adjacent to an activating group) is 1. The first kappa shape index (κ1) is 16.1. The van der Waals surface area contributed by atoms with E-state index in [1.165, 1.54) is 0 Å². The van der Waals surface area contributed by atoms with Crippen LogP contribution in [0.2, 0.25) is 0 Å². The molecule has 1 saturated heterocycles. The zero-order valence-electron chi connectivity index (χ0n) is 14.4. The van der Waals surface area contributed by atoms with Crippen molar-refractivity contribution in [1.82, 2.24) is 34.3 Å². The molecule has 0 saturated carbocycles. The van der Waals surface area contributed by atoms with E-state index in [-0.39, 0.29) is 0 Å². The molecule has 3 rings (SSSR count). The molecule has 1 fully saturated rings. The van der Waals surface area contributed by atoms with E-state index in [9.17, 15) is 0 Å². The molecule has 0 aromatic carbocycles. The summed E-state index contributed by atoms with van der Waals surface area (Å²) in [7, 11) is 2.18. The van der Waals surface area contributed by atoms with Gasteiger partial charge in [0, 0.05) is 51.2 Å². The number of nitrogens with zero attached hydrogens (tertiary/aromatic N) is 7. The maximum Gasteiger partial charge on any atom is 0.162 e. The van der Waals surface area contributed by atoms with Crippen molar-refractivity contribution >= 4 is 0 Å². The molecular formula is C16H27N7. The fraction of sp³-hybridized carbons (Fsp3) is 0.688. The zero-order valence-corrected chi connectivity index (χ0v) is 14.4. The second-order valence-corrected chi connectivity index (χ2v) is 6.46. The SMILES string of the molecule is CCCn1ccnc1-c1cn(CC(C)N2CCN(C)CC2)nn1. The average molecular weight is 317 g/mol. The van der Waals surface area contributed by atoms with Crippen molar-refractivity contribution in [2.24, 2.45) is 0 Å². The summed E-state index contributed by atoms with van der Waals surface area (Å²) in [5.74, 6) is 0.908. The van der Waals surface area contributed by atoms with E-state index < -0.39 is 0 Å². The summed E-state index contributed by atoms with van der Waals surface area (Å²) in [6.07, 6.45) is 6.93. The molecule has 1 unspecified atom stereocenters. The molecular weight excluding hydrogens is 290 g/mol. The minimum Gasteiger partial charge on any atom is -0.330 e. The largest absolute Gasteiger partial charge is 0.330 e. The van der Waals surface area contributed by atoms with Crippen molar-refractivity contribution in [2.45, 2.75) is 39.4 Å². The van der Waals surface area contributed by atoms with Crippen LogP contribution in [0.3, 0.4) is 0 Å². The summed E-state index contributed by atoms with van der Waals surface area (Å²) < 4.78 is 4.08. The third-order valence-corrected chi connectivity index (χ3v) is 4.56. The Labute approximate surface area is 137 Å². The standard InChI is InChI=1S/C16H27N7/c1-4-6-22-7-5-17-16(22)15-13-23(19-18-15)12-14(2)21-10-8-20(3)9-11-21/h5,7,13-14H,4,6,8-12H2,1-3H3. The topological polar surface area (TPSA) is 55.0 Å². The average Bonchev–Trinajstić information content (AvgIpc) is 3.17. The van der Waals surface area contributed by atoms with Crippen LogP contribution in [-0.4, -0.2) is 73.6 Å². The van der Waals surface area contributed by atoms with Crippen molar-refractivity contribution < 1.29 is 0 Å². The lowest BCUT2D eigenvalue weighted by Gasteiger charge is -2.36. The first-order valence-corrected chi connectivity index (χ1v) is 8.51. The van der Waals surface area contributed by atoms with Crippen LogP contribution in [0.1, 0.15) is 20.3 Å². The summed E-state index contributed by atoms with van der Waals surface area (Å²) in [5.41, 5.74) is 0.856. The van der Waals surface area contributed by atoms with Gasteiger partial charge < -0.3 is 9.47 Å². The predicted octanol–water partition coefficient (Wildman–Crippen LogP) is 1.19. The van der Waals surface area contributed by atoms with Gasteiger partial charge in [-0.15, -0.1) is 5.10 Å². The Morgan fingerprint density at radius 1 is 1.22 bits per heavy atom. The predicted molar refractivity (Wildman–Crippen MR) is 90.1 cm³/mol. The number of hydrogen-bond acceptors (Lipinski definition) is 5. The molecule has 2 aromatic heterocycles. The monoisotopic (exact) mass is 317 g/mol. The molecule has 126 valence electrons. The second kappa shape index (κ2) is 7.23. The third kappa shape index (κ3) is 3.79. The van der Waals surface area contributed by atoms with Crippen LogP contribution in [0, 0.1) is 0 Å². The maximum absolute atomic E-state index is 4.43. The first-order chi connectivity index (χ1) is 11.2. The number of piperazine rings is 1. The molecule has 1 aliphatic rings. The quantitative estimate of drug-likeness (QED) is 0.801. The number of imidazole rings is 1. The highest BCUT2D eigenvalue weighted by Gasteiger charge is 2.20. The Morgan fingerprint density at radius 3 is 2.74 bits per heavy atom. The maximum atomic E-state index is 4.43. The highest BCUT2D eigenvalue weighted by Crippen LogP contribution is 2.15. The van der Waals surface area contributed by atoms with Gasteiger partial charge in [-0.1, -0.05) is 12.1 Å². The Hall–Kier alpha value is -1.73. The molecule has 0 amide bonds. The van der Waals surface area contributed by atoms with E-state index in [0.717, 1.165) is 57.2 Å². The molecule has 0 N–H and O–H groups in total. The van der Waals surface area contributed by atoms with E-state index in [1.54, 1.807) is 0 Å². The van der Waals surface area contributed by atoms with Crippen molar-refractivity contribution in [2.75, 3.05) is 33.2 Å². The van der Waals surface area contributed by atoms with Crippen molar-refractivity contribution in [3.05, 3.63) is 18.6 Å². The van der Waals surface area contributed by atoms with Crippen LogP contribution in [0.5, 0.6) is 0 Å². The van der Waals surface area contributed by atoms with Gasteiger partial charge in [0.1, 0.15) is 5.69 Å². The van der Waals surface area contributed by atoms with Crippen molar-refractivity contribution in [3.63, 3.8) is 0 Å². The van der Waals surface area contributed by atoms with Gasteiger partial charge in [0.25, 0.3) is 0 Å². The van der Waals surface area contributed by atoms with Crippen LogP contribution in [0.25, 0.3) is 11.5 Å². The number of aromatic nitrogens is 5. The van der Waals surface area contributed by atoms with E-state index in [4.69, 9.17) is 0 Å². The first-order valence-electron chi connectivity index (χ1n) is 8.51. The molecule has 1 aliphatic heterocycles. The highest BCUT2D eigenvalue weighted by molar-refractivity contribution is 5.47. The minimum absolute atomic E-state index is 0.466. The fourth-order valence-electron chi connectivity index (χ4n) is 3.10. The van der Waals surface area contributed by atoms with Gasteiger partial charge in [0.2, 0.25) is 0 Å². The van der Waals surface area contributed by atoms with Crippen LogP contribution in [-0.2, 0) is 13.1 Å². The van der Waals surface area contributed by atoms with Crippen LogP contribution in [0.15, 0.2) is 18.6 Å². The number of rotatable bonds is 6. The van der Waals surface area contributed by atoms with E-state index in [2.05, 4.69) is 50.6 Å².